The fraction of sp³-hybridized carbons (Fsp3) is 0.333. The summed E-state index contributed by atoms with van der Waals surface area (Å²) >= 11 is 0. The van der Waals surface area contributed by atoms with E-state index in [4.69, 9.17) is 0 Å². The van der Waals surface area contributed by atoms with Crippen molar-refractivity contribution >= 4 is 17.5 Å². The molecule has 0 unspecified atom stereocenters. The molecule has 0 saturated carbocycles. The van der Waals surface area contributed by atoms with Crippen LogP contribution in [0.2, 0.25) is 0 Å². The van der Waals surface area contributed by atoms with Crippen molar-refractivity contribution in [2.45, 2.75) is 20.4 Å². The maximum absolute atomic E-state index is 12.4. The Balaban J connectivity index is 1.53. The number of anilines is 1. The molecule has 3 rings (SSSR count). The molecular weight excluding hydrogens is 326 g/mol. The average Bonchev–Trinajstić information content (AvgIpc) is 2.67. The summed E-state index contributed by atoms with van der Waals surface area (Å²) in [6.45, 7) is 7.05. The molecule has 26 heavy (non-hydrogen) atoms. The van der Waals surface area contributed by atoms with Gasteiger partial charge in [0.15, 0.2) is 5.78 Å². The zero-order valence-corrected chi connectivity index (χ0v) is 15.4. The van der Waals surface area contributed by atoms with E-state index in [1.807, 2.05) is 47.4 Å². The van der Waals surface area contributed by atoms with Crippen molar-refractivity contribution in [3.8, 4) is 0 Å². The van der Waals surface area contributed by atoms with Crippen molar-refractivity contribution in [2.24, 2.45) is 0 Å². The SMILES string of the molecule is CC(=O)c1cccc(N2CCN(C(=O)NCc3ccccc3C)CC2)c1. The topological polar surface area (TPSA) is 52.7 Å². The first-order valence-corrected chi connectivity index (χ1v) is 8.98. The number of Topliss-reactive ketones (excluding diaryl/α,β-unsaturated/α-hetero) is 1. The van der Waals surface area contributed by atoms with E-state index in [0.717, 1.165) is 29.9 Å². The molecule has 0 aromatic heterocycles. The molecule has 1 fully saturated rings. The molecular formula is C21H25N3O2. The lowest BCUT2D eigenvalue weighted by Gasteiger charge is -2.36. The highest BCUT2D eigenvalue weighted by molar-refractivity contribution is 5.95. The smallest absolute Gasteiger partial charge is 0.317 e. The van der Waals surface area contributed by atoms with Crippen LogP contribution in [0.15, 0.2) is 48.5 Å². The molecule has 0 aliphatic carbocycles. The molecule has 0 atom stereocenters. The number of carbonyl (C=O) groups excluding carboxylic acids is 2. The van der Waals surface area contributed by atoms with Crippen molar-refractivity contribution < 1.29 is 9.59 Å². The Morgan fingerprint density at radius 3 is 2.42 bits per heavy atom. The van der Waals surface area contributed by atoms with Crippen LogP contribution in [0.4, 0.5) is 10.5 Å². The van der Waals surface area contributed by atoms with Gasteiger partial charge in [-0.2, -0.15) is 0 Å². The van der Waals surface area contributed by atoms with Gasteiger partial charge in [-0.25, -0.2) is 4.79 Å². The second-order valence-corrected chi connectivity index (χ2v) is 6.67. The summed E-state index contributed by atoms with van der Waals surface area (Å²) in [5.74, 6) is 0.0704. The Morgan fingerprint density at radius 1 is 1.00 bits per heavy atom. The predicted molar refractivity (Wildman–Crippen MR) is 104 cm³/mol. The van der Waals surface area contributed by atoms with Gasteiger partial charge < -0.3 is 15.1 Å². The Morgan fingerprint density at radius 2 is 1.73 bits per heavy atom. The summed E-state index contributed by atoms with van der Waals surface area (Å²) in [5.41, 5.74) is 4.09. The van der Waals surface area contributed by atoms with Crippen molar-refractivity contribution in [1.82, 2.24) is 10.2 Å². The van der Waals surface area contributed by atoms with Gasteiger partial charge in [0.25, 0.3) is 0 Å². The van der Waals surface area contributed by atoms with Crippen LogP contribution in [0.5, 0.6) is 0 Å². The van der Waals surface area contributed by atoms with Crippen LogP contribution in [0, 0.1) is 6.92 Å². The number of amides is 2. The number of nitrogens with one attached hydrogen (secondary N) is 1. The number of benzene rings is 2. The summed E-state index contributed by atoms with van der Waals surface area (Å²) in [7, 11) is 0. The first kappa shape index (κ1) is 18.0. The second kappa shape index (κ2) is 8.04. The normalized spacial score (nSPS) is 14.2. The zero-order chi connectivity index (χ0) is 18.5. The average molecular weight is 351 g/mol. The number of rotatable bonds is 4. The summed E-state index contributed by atoms with van der Waals surface area (Å²) in [4.78, 5) is 28.0. The number of ketones is 1. The van der Waals surface area contributed by atoms with E-state index in [1.54, 1.807) is 6.92 Å². The summed E-state index contributed by atoms with van der Waals surface area (Å²) in [6, 6.07) is 15.7. The van der Waals surface area contributed by atoms with E-state index in [0.29, 0.717) is 19.6 Å². The first-order valence-electron chi connectivity index (χ1n) is 8.98. The molecule has 2 amide bonds. The highest BCUT2D eigenvalue weighted by Gasteiger charge is 2.21. The monoisotopic (exact) mass is 351 g/mol. The maximum atomic E-state index is 12.4. The quantitative estimate of drug-likeness (QED) is 0.861. The van der Waals surface area contributed by atoms with E-state index in [9.17, 15) is 9.59 Å². The molecule has 1 heterocycles. The highest BCUT2D eigenvalue weighted by Crippen LogP contribution is 2.18. The van der Waals surface area contributed by atoms with Gasteiger partial charge in [-0.15, -0.1) is 0 Å². The molecule has 1 N–H and O–H groups in total. The Bertz CT molecular complexity index is 795. The molecule has 0 radical (unpaired) electrons. The molecule has 136 valence electrons. The number of piperazine rings is 1. The largest absolute Gasteiger partial charge is 0.368 e. The first-order chi connectivity index (χ1) is 12.5. The third-order valence-electron chi connectivity index (χ3n) is 4.88. The minimum absolute atomic E-state index is 0.0228. The molecule has 2 aromatic carbocycles. The molecule has 1 aliphatic heterocycles. The van der Waals surface area contributed by atoms with Crippen LogP contribution in [-0.4, -0.2) is 42.9 Å². The van der Waals surface area contributed by atoms with Crippen LogP contribution in [0.25, 0.3) is 0 Å². The van der Waals surface area contributed by atoms with Crippen LogP contribution in [-0.2, 0) is 6.54 Å². The van der Waals surface area contributed by atoms with Gasteiger partial charge >= 0.3 is 6.03 Å². The Labute approximate surface area is 154 Å². The number of carbonyl (C=O) groups is 2. The van der Waals surface area contributed by atoms with E-state index in [-0.39, 0.29) is 11.8 Å². The van der Waals surface area contributed by atoms with E-state index in [2.05, 4.69) is 23.2 Å². The van der Waals surface area contributed by atoms with Gasteiger partial charge in [-0.3, -0.25) is 4.79 Å². The van der Waals surface area contributed by atoms with Crippen molar-refractivity contribution in [2.75, 3.05) is 31.1 Å². The summed E-state index contributed by atoms with van der Waals surface area (Å²) < 4.78 is 0. The minimum atomic E-state index is -0.0228. The third-order valence-corrected chi connectivity index (χ3v) is 4.88. The number of aryl methyl sites for hydroxylation is 1. The molecule has 5 heteroatoms. The van der Waals surface area contributed by atoms with Crippen LogP contribution < -0.4 is 10.2 Å². The van der Waals surface area contributed by atoms with Crippen LogP contribution >= 0.6 is 0 Å². The van der Waals surface area contributed by atoms with Gasteiger partial charge in [0.1, 0.15) is 0 Å². The number of hydrogen-bond donors (Lipinski definition) is 1. The van der Waals surface area contributed by atoms with Crippen LogP contribution in [0.3, 0.4) is 0 Å². The van der Waals surface area contributed by atoms with Gasteiger partial charge in [0.05, 0.1) is 0 Å². The zero-order valence-electron chi connectivity index (χ0n) is 15.4. The predicted octanol–water partition coefficient (Wildman–Crippen LogP) is 3.23. The van der Waals surface area contributed by atoms with E-state index >= 15 is 0 Å². The fourth-order valence-corrected chi connectivity index (χ4v) is 3.18. The number of urea groups is 1. The van der Waals surface area contributed by atoms with E-state index in [1.165, 1.54) is 5.56 Å². The standard InChI is InChI=1S/C21H25N3O2/c1-16-6-3-4-7-19(16)15-22-21(26)24-12-10-23(11-13-24)20-9-5-8-18(14-20)17(2)25/h3-9,14H,10-13,15H2,1-2H3,(H,22,26). The molecule has 1 saturated heterocycles. The van der Waals surface area contributed by atoms with Gasteiger partial charge in [0.2, 0.25) is 0 Å². The molecule has 5 nitrogen and oxygen atoms in total. The molecule has 1 aliphatic rings. The summed E-state index contributed by atoms with van der Waals surface area (Å²) in [5, 5.41) is 3.01. The number of hydrogen-bond acceptors (Lipinski definition) is 3. The summed E-state index contributed by atoms with van der Waals surface area (Å²) in [6.07, 6.45) is 0. The Kier molecular flexibility index (Phi) is 5.56. The fourth-order valence-electron chi connectivity index (χ4n) is 3.18. The minimum Gasteiger partial charge on any atom is -0.368 e. The lowest BCUT2D eigenvalue weighted by molar-refractivity contribution is 0.101. The van der Waals surface area contributed by atoms with Gasteiger partial charge in [-0.1, -0.05) is 36.4 Å². The maximum Gasteiger partial charge on any atom is 0.317 e. The second-order valence-electron chi connectivity index (χ2n) is 6.67. The van der Waals surface area contributed by atoms with Gasteiger partial charge in [-0.05, 0) is 37.1 Å². The number of nitrogens with zero attached hydrogens (tertiary/aromatic N) is 2. The van der Waals surface area contributed by atoms with Crippen molar-refractivity contribution in [3.63, 3.8) is 0 Å². The van der Waals surface area contributed by atoms with E-state index < -0.39 is 0 Å². The lowest BCUT2D eigenvalue weighted by atomic mass is 10.1. The molecule has 0 spiro atoms. The molecule has 0 bridgehead atoms. The Hall–Kier alpha value is -2.82. The van der Waals surface area contributed by atoms with Crippen molar-refractivity contribution in [1.29, 1.82) is 0 Å². The lowest BCUT2D eigenvalue weighted by Crippen LogP contribution is -2.51. The highest BCUT2D eigenvalue weighted by atomic mass is 16.2. The van der Waals surface area contributed by atoms with Gasteiger partial charge in [0, 0.05) is 44.0 Å². The third kappa shape index (κ3) is 4.23. The molecule has 2 aromatic rings. The van der Waals surface area contributed by atoms with Crippen LogP contribution in [0.1, 0.15) is 28.4 Å². The van der Waals surface area contributed by atoms with Crippen molar-refractivity contribution in [3.05, 3.63) is 65.2 Å².